The fraction of sp³-hybridized carbons (Fsp3) is 0.632. The largest absolute Gasteiger partial charge is 0.338 e. The van der Waals surface area contributed by atoms with Crippen LogP contribution in [0.1, 0.15) is 56.1 Å². The number of rotatable bonds is 5. The standard InChI is InChI=1S/C19H28N2O/c1-2-12-21(17-10-11-20-14-17)19(22)13-16-8-5-7-15-6-3-4-9-18(15)16/h3-4,6,9,16-17,20H,2,5,7-8,10-14H2,1H3. The summed E-state index contributed by atoms with van der Waals surface area (Å²) in [5.41, 5.74) is 2.87. The molecule has 3 heteroatoms. The molecule has 1 heterocycles. The van der Waals surface area contributed by atoms with Crippen LogP contribution in [0.3, 0.4) is 0 Å². The highest BCUT2D eigenvalue weighted by Gasteiger charge is 2.29. The number of fused-ring (bicyclic) bond motifs is 1. The molecule has 2 atom stereocenters. The molecule has 1 aliphatic carbocycles. The van der Waals surface area contributed by atoms with Gasteiger partial charge in [-0.15, -0.1) is 0 Å². The van der Waals surface area contributed by atoms with Crippen LogP contribution in [0, 0.1) is 0 Å². The van der Waals surface area contributed by atoms with Gasteiger partial charge in [0.05, 0.1) is 0 Å². The van der Waals surface area contributed by atoms with Crippen molar-refractivity contribution in [1.82, 2.24) is 10.2 Å². The lowest BCUT2D eigenvalue weighted by Gasteiger charge is -2.31. The Morgan fingerprint density at radius 3 is 2.95 bits per heavy atom. The highest BCUT2D eigenvalue weighted by Crippen LogP contribution is 2.34. The lowest BCUT2D eigenvalue weighted by Crippen LogP contribution is -2.42. The van der Waals surface area contributed by atoms with Crippen molar-refractivity contribution < 1.29 is 4.79 Å². The highest BCUT2D eigenvalue weighted by molar-refractivity contribution is 5.77. The van der Waals surface area contributed by atoms with Crippen molar-refractivity contribution in [3.63, 3.8) is 0 Å². The second-order valence-corrected chi connectivity index (χ2v) is 6.73. The number of carbonyl (C=O) groups is 1. The Balaban J connectivity index is 1.70. The van der Waals surface area contributed by atoms with E-state index in [4.69, 9.17) is 0 Å². The Hall–Kier alpha value is -1.35. The zero-order chi connectivity index (χ0) is 15.4. The first-order valence-electron chi connectivity index (χ1n) is 8.87. The van der Waals surface area contributed by atoms with E-state index < -0.39 is 0 Å². The minimum atomic E-state index is 0.359. The summed E-state index contributed by atoms with van der Waals surface area (Å²) < 4.78 is 0. The van der Waals surface area contributed by atoms with Gasteiger partial charge in [-0.05, 0) is 55.7 Å². The molecule has 0 spiro atoms. The van der Waals surface area contributed by atoms with Crippen LogP contribution in [0.4, 0.5) is 0 Å². The van der Waals surface area contributed by atoms with E-state index in [0.29, 0.717) is 24.3 Å². The number of hydrogen-bond acceptors (Lipinski definition) is 2. The topological polar surface area (TPSA) is 32.3 Å². The van der Waals surface area contributed by atoms with E-state index in [9.17, 15) is 4.79 Å². The predicted molar refractivity (Wildman–Crippen MR) is 90.0 cm³/mol. The number of carbonyl (C=O) groups excluding carboxylic acids is 1. The molecule has 0 bridgehead atoms. The van der Waals surface area contributed by atoms with Crippen molar-refractivity contribution in [2.75, 3.05) is 19.6 Å². The molecule has 3 nitrogen and oxygen atoms in total. The van der Waals surface area contributed by atoms with Gasteiger partial charge in [0.1, 0.15) is 0 Å². The molecule has 1 N–H and O–H groups in total. The van der Waals surface area contributed by atoms with Gasteiger partial charge in [-0.1, -0.05) is 31.2 Å². The highest BCUT2D eigenvalue weighted by atomic mass is 16.2. The Morgan fingerprint density at radius 2 is 2.18 bits per heavy atom. The predicted octanol–water partition coefficient (Wildman–Crippen LogP) is 3.10. The lowest BCUT2D eigenvalue weighted by atomic mass is 9.81. The normalized spacial score (nSPS) is 24.0. The van der Waals surface area contributed by atoms with Crippen LogP contribution in [0.2, 0.25) is 0 Å². The summed E-state index contributed by atoms with van der Waals surface area (Å²) in [6.45, 7) is 5.08. The van der Waals surface area contributed by atoms with Gasteiger partial charge in [-0.25, -0.2) is 0 Å². The van der Waals surface area contributed by atoms with E-state index in [1.807, 2.05) is 0 Å². The third kappa shape index (κ3) is 3.35. The number of hydrogen-bond donors (Lipinski definition) is 1. The van der Waals surface area contributed by atoms with Crippen molar-refractivity contribution in [3.05, 3.63) is 35.4 Å². The lowest BCUT2D eigenvalue weighted by molar-refractivity contribution is -0.133. The summed E-state index contributed by atoms with van der Waals surface area (Å²) in [5, 5.41) is 3.39. The van der Waals surface area contributed by atoms with Gasteiger partial charge in [0.15, 0.2) is 0 Å². The Morgan fingerprint density at radius 1 is 1.32 bits per heavy atom. The van der Waals surface area contributed by atoms with Crippen LogP contribution in [-0.2, 0) is 11.2 Å². The molecule has 0 saturated carbocycles. The number of nitrogens with one attached hydrogen (secondary N) is 1. The van der Waals surface area contributed by atoms with Crippen LogP contribution in [-0.4, -0.2) is 36.5 Å². The van der Waals surface area contributed by atoms with E-state index >= 15 is 0 Å². The van der Waals surface area contributed by atoms with Crippen LogP contribution < -0.4 is 5.32 Å². The molecular formula is C19H28N2O. The average Bonchev–Trinajstić information content (AvgIpc) is 3.07. The second-order valence-electron chi connectivity index (χ2n) is 6.73. The van der Waals surface area contributed by atoms with E-state index in [0.717, 1.165) is 38.9 Å². The molecule has 1 aromatic carbocycles. The van der Waals surface area contributed by atoms with Crippen molar-refractivity contribution in [2.45, 2.75) is 57.4 Å². The summed E-state index contributed by atoms with van der Waals surface area (Å²) in [6.07, 6.45) is 6.38. The van der Waals surface area contributed by atoms with Gasteiger partial charge in [0.2, 0.25) is 5.91 Å². The Labute approximate surface area is 134 Å². The smallest absolute Gasteiger partial charge is 0.223 e. The summed E-state index contributed by atoms with van der Waals surface area (Å²) >= 11 is 0. The number of amides is 1. The first-order chi connectivity index (χ1) is 10.8. The van der Waals surface area contributed by atoms with Crippen molar-refractivity contribution in [2.24, 2.45) is 0 Å². The molecular weight excluding hydrogens is 272 g/mol. The molecule has 1 fully saturated rings. The van der Waals surface area contributed by atoms with Crippen LogP contribution in [0.15, 0.2) is 24.3 Å². The SMILES string of the molecule is CCCN(C(=O)CC1CCCc2ccccc21)C1CCNC1. The summed E-state index contributed by atoms with van der Waals surface area (Å²) in [6, 6.07) is 9.11. The molecule has 22 heavy (non-hydrogen) atoms. The molecule has 0 radical (unpaired) electrons. The van der Waals surface area contributed by atoms with E-state index in [1.165, 1.54) is 24.0 Å². The maximum absolute atomic E-state index is 12.9. The molecule has 1 aromatic rings. The zero-order valence-corrected chi connectivity index (χ0v) is 13.7. The van der Waals surface area contributed by atoms with Crippen LogP contribution in [0.25, 0.3) is 0 Å². The molecule has 120 valence electrons. The summed E-state index contributed by atoms with van der Waals surface area (Å²) in [7, 11) is 0. The Bertz CT molecular complexity index is 508. The Kier molecular flexibility index (Phi) is 5.14. The monoisotopic (exact) mass is 300 g/mol. The molecule has 3 rings (SSSR count). The summed E-state index contributed by atoms with van der Waals surface area (Å²) in [5.74, 6) is 0.781. The van der Waals surface area contributed by atoms with Gasteiger partial charge >= 0.3 is 0 Å². The number of aryl methyl sites for hydroxylation is 1. The third-order valence-corrected chi connectivity index (χ3v) is 5.17. The maximum Gasteiger partial charge on any atom is 0.223 e. The van der Waals surface area contributed by atoms with Gasteiger partial charge in [0, 0.05) is 25.6 Å². The van der Waals surface area contributed by atoms with Crippen molar-refractivity contribution in [3.8, 4) is 0 Å². The fourth-order valence-corrected chi connectivity index (χ4v) is 4.05. The number of nitrogens with zero attached hydrogens (tertiary/aromatic N) is 1. The zero-order valence-electron chi connectivity index (χ0n) is 13.7. The third-order valence-electron chi connectivity index (χ3n) is 5.17. The van der Waals surface area contributed by atoms with E-state index in [-0.39, 0.29) is 0 Å². The van der Waals surface area contributed by atoms with E-state index in [1.54, 1.807) is 0 Å². The first kappa shape index (κ1) is 15.5. The van der Waals surface area contributed by atoms with Crippen molar-refractivity contribution >= 4 is 5.91 Å². The van der Waals surface area contributed by atoms with Gasteiger partial charge in [0.25, 0.3) is 0 Å². The quantitative estimate of drug-likeness (QED) is 0.906. The molecule has 0 aromatic heterocycles. The fourth-order valence-electron chi connectivity index (χ4n) is 4.05. The molecule has 1 aliphatic heterocycles. The second kappa shape index (κ2) is 7.28. The van der Waals surface area contributed by atoms with Gasteiger partial charge in [-0.2, -0.15) is 0 Å². The molecule has 2 unspecified atom stereocenters. The van der Waals surface area contributed by atoms with E-state index in [2.05, 4.69) is 41.4 Å². The maximum atomic E-state index is 12.9. The van der Waals surface area contributed by atoms with Crippen LogP contribution in [0.5, 0.6) is 0 Å². The van der Waals surface area contributed by atoms with Gasteiger partial charge in [-0.3, -0.25) is 4.79 Å². The van der Waals surface area contributed by atoms with Gasteiger partial charge < -0.3 is 10.2 Å². The van der Waals surface area contributed by atoms with Crippen LogP contribution >= 0.6 is 0 Å². The average molecular weight is 300 g/mol. The first-order valence-corrected chi connectivity index (χ1v) is 8.87. The molecule has 1 amide bonds. The molecule has 2 aliphatic rings. The summed E-state index contributed by atoms with van der Waals surface area (Å²) in [4.78, 5) is 15.0. The minimum Gasteiger partial charge on any atom is -0.338 e. The number of benzene rings is 1. The van der Waals surface area contributed by atoms with Crippen molar-refractivity contribution in [1.29, 1.82) is 0 Å². The molecule has 1 saturated heterocycles. The minimum absolute atomic E-state index is 0.359.